The maximum atomic E-state index is 12.4. The minimum absolute atomic E-state index is 0. The van der Waals surface area contributed by atoms with Gasteiger partial charge in [-0.05, 0) is 19.1 Å². The van der Waals surface area contributed by atoms with E-state index in [2.05, 4.69) is 10.6 Å². The highest BCUT2D eigenvalue weighted by atomic mass is 35.5. The summed E-state index contributed by atoms with van der Waals surface area (Å²) < 4.78 is 15.7. The molecule has 1 fully saturated rings. The van der Waals surface area contributed by atoms with Gasteiger partial charge in [-0.2, -0.15) is 0 Å². The van der Waals surface area contributed by atoms with Crippen molar-refractivity contribution in [1.82, 2.24) is 15.5 Å². The van der Waals surface area contributed by atoms with Gasteiger partial charge in [0.2, 0.25) is 11.7 Å². The van der Waals surface area contributed by atoms with Gasteiger partial charge < -0.3 is 29.7 Å². The molecule has 0 aliphatic carbocycles. The number of hydrogen-bond donors (Lipinski definition) is 2. The first-order valence-electron chi connectivity index (χ1n) is 8.09. The Hall–Kier alpha value is -2.19. The van der Waals surface area contributed by atoms with Gasteiger partial charge in [0.05, 0.1) is 27.9 Å². The summed E-state index contributed by atoms with van der Waals surface area (Å²) in [5.41, 5.74) is 0.330. The Morgan fingerprint density at radius 2 is 1.81 bits per heavy atom. The number of nitrogens with one attached hydrogen (secondary N) is 2. The van der Waals surface area contributed by atoms with Crippen LogP contribution in [0.2, 0.25) is 0 Å². The number of nitrogens with zero attached hydrogens (tertiary/aromatic N) is 1. The number of piperazine rings is 1. The molecular weight excluding hydrogens is 362 g/mol. The molecule has 2 rings (SSSR count). The molecule has 26 heavy (non-hydrogen) atoms. The van der Waals surface area contributed by atoms with Gasteiger partial charge in [-0.15, -0.1) is 12.4 Å². The smallest absolute Gasteiger partial charge is 0.251 e. The Bertz CT molecular complexity index is 616. The molecule has 2 amide bonds. The van der Waals surface area contributed by atoms with E-state index < -0.39 is 0 Å². The van der Waals surface area contributed by atoms with Crippen molar-refractivity contribution in [2.45, 2.75) is 13.0 Å². The Balaban J connectivity index is 0.00000338. The quantitative estimate of drug-likeness (QED) is 0.746. The van der Waals surface area contributed by atoms with Gasteiger partial charge in [0.15, 0.2) is 11.5 Å². The first kappa shape index (κ1) is 21.9. The number of methoxy groups -OCH3 is 3. The summed E-state index contributed by atoms with van der Waals surface area (Å²) in [6.07, 6.45) is 0. The molecule has 8 nitrogen and oxygen atoms in total. The number of ether oxygens (including phenoxy) is 3. The zero-order valence-corrected chi connectivity index (χ0v) is 16.3. The van der Waals surface area contributed by atoms with Crippen LogP contribution in [0.5, 0.6) is 17.2 Å². The number of halogens is 1. The van der Waals surface area contributed by atoms with Crippen molar-refractivity contribution in [3.63, 3.8) is 0 Å². The third-order valence-corrected chi connectivity index (χ3v) is 4.05. The molecule has 0 saturated carbocycles. The third kappa shape index (κ3) is 5.15. The van der Waals surface area contributed by atoms with Gasteiger partial charge in [-0.1, -0.05) is 0 Å². The lowest BCUT2D eigenvalue weighted by Gasteiger charge is -2.31. The lowest BCUT2D eigenvalue weighted by molar-refractivity contribution is -0.131. The maximum Gasteiger partial charge on any atom is 0.251 e. The second-order valence-electron chi connectivity index (χ2n) is 5.79. The molecule has 0 aromatic heterocycles. The molecule has 0 radical (unpaired) electrons. The van der Waals surface area contributed by atoms with Crippen molar-refractivity contribution in [3.05, 3.63) is 17.7 Å². The van der Waals surface area contributed by atoms with E-state index in [4.69, 9.17) is 14.2 Å². The molecule has 1 aliphatic rings. The molecule has 2 N–H and O–H groups in total. The van der Waals surface area contributed by atoms with E-state index >= 15 is 0 Å². The zero-order chi connectivity index (χ0) is 18.4. The van der Waals surface area contributed by atoms with Crippen LogP contribution in [0.4, 0.5) is 0 Å². The Kier molecular flexibility index (Phi) is 8.47. The van der Waals surface area contributed by atoms with E-state index in [-0.39, 0.29) is 36.8 Å². The van der Waals surface area contributed by atoms with Crippen molar-refractivity contribution in [2.24, 2.45) is 0 Å². The lowest BCUT2D eigenvalue weighted by atomic mass is 10.1. The maximum absolute atomic E-state index is 12.4. The number of carbonyl (C=O) groups excluding carboxylic acids is 2. The number of carbonyl (C=O) groups is 2. The highest BCUT2D eigenvalue weighted by Crippen LogP contribution is 2.38. The number of amides is 2. The fourth-order valence-corrected chi connectivity index (χ4v) is 2.74. The number of benzene rings is 1. The molecule has 1 aromatic carbocycles. The molecule has 1 saturated heterocycles. The summed E-state index contributed by atoms with van der Waals surface area (Å²) in [5.74, 6) is 0.695. The number of hydrogen-bond acceptors (Lipinski definition) is 6. The van der Waals surface area contributed by atoms with Crippen LogP contribution in [0.1, 0.15) is 17.3 Å². The third-order valence-electron chi connectivity index (χ3n) is 4.05. The molecular formula is C17H26ClN3O5. The van der Waals surface area contributed by atoms with E-state index in [1.165, 1.54) is 21.3 Å². The predicted molar refractivity (Wildman–Crippen MR) is 99.7 cm³/mol. The first-order valence-corrected chi connectivity index (χ1v) is 8.09. The van der Waals surface area contributed by atoms with E-state index in [1.807, 2.05) is 6.92 Å². The second-order valence-corrected chi connectivity index (χ2v) is 5.79. The first-order chi connectivity index (χ1) is 12.0. The summed E-state index contributed by atoms with van der Waals surface area (Å²) in [5, 5.41) is 5.92. The molecule has 9 heteroatoms. The van der Waals surface area contributed by atoms with Crippen LogP contribution in [0, 0.1) is 0 Å². The molecule has 1 atom stereocenters. The molecule has 0 unspecified atom stereocenters. The summed E-state index contributed by atoms with van der Waals surface area (Å²) >= 11 is 0. The normalized spacial score (nSPS) is 16.3. The average Bonchev–Trinajstić information content (AvgIpc) is 2.64. The SMILES string of the molecule is COc1cc(C(=O)NCC(=O)N2CCN[C@H](C)C2)cc(OC)c1OC.Cl. The molecule has 0 bridgehead atoms. The van der Waals surface area contributed by atoms with Crippen LogP contribution in [0.15, 0.2) is 12.1 Å². The largest absolute Gasteiger partial charge is 0.493 e. The highest BCUT2D eigenvalue weighted by Gasteiger charge is 2.22. The van der Waals surface area contributed by atoms with Gasteiger partial charge in [0.25, 0.3) is 5.91 Å². The minimum Gasteiger partial charge on any atom is -0.493 e. The Morgan fingerprint density at radius 3 is 2.31 bits per heavy atom. The van der Waals surface area contributed by atoms with Gasteiger partial charge in [-0.25, -0.2) is 0 Å². The summed E-state index contributed by atoms with van der Waals surface area (Å²) in [7, 11) is 4.45. The fraction of sp³-hybridized carbons (Fsp3) is 0.529. The van der Waals surface area contributed by atoms with Gasteiger partial charge >= 0.3 is 0 Å². The second kappa shape index (κ2) is 10.1. The van der Waals surface area contributed by atoms with Crippen molar-refractivity contribution >= 4 is 24.2 Å². The van der Waals surface area contributed by atoms with Gasteiger partial charge in [-0.3, -0.25) is 9.59 Å². The van der Waals surface area contributed by atoms with E-state index in [1.54, 1.807) is 17.0 Å². The molecule has 146 valence electrons. The molecule has 1 aliphatic heterocycles. The van der Waals surface area contributed by atoms with Crippen LogP contribution in [-0.2, 0) is 4.79 Å². The van der Waals surface area contributed by atoms with Crippen molar-refractivity contribution in [2.75, 3.05) is 47.5 Å². The van der Waals surface area contributed by atoms with E-state index in [0.717, 1.165) is 6.54 Å². The fourth-order valence-electron chi connectivity index (χ4n) is 2.74. The van der Waals surface area contributed by atoms with Gasteiger partial charge in [0, 0.05) is 31.2 Å². The van der Waals surface area contributed by atoms with Crippen LogP contribution in [-0.4, -0.2) is 70.3 Å². The van der Waals surface area contributed by atoms with Crippen molar-refractivity contribution in [1.29, 1.82) is 0 Å². The van der Waals surface area contributed by atoms with Crippen molar-refractivity contribution < 1.29 is 23.8 Å². The predicted octanol–water partition coefficient (Wildman–Crippen LogP) is 0.684. The monoisotopic (exact) mass is 387 g/mol. The van der Waals surface area contributed by atoms with Crippen LogP contribution in [0.3, 0.4) is 0 Å². The Labute approximate surface area is 159 Å². The summed E-state index contributed by atoms with van der Waals surface area (Å²) in [4.78, 5) is 26.4. The van der Waals surface area contributed by atoms with Crippen LogP contribution >= 0.6 is 12.4 Å². The zero-order valence-electron chi connectivity index (χ0n) is 15.5. The molecule has 1 aromatic rings. The lowest BCUT2D eigenvalue weighted by Crippen LogP contribution is -2.53. The van der Waals surface area contributed by atoms with Crippen LogP contribution in [0.25, 0.3) is 0 Å². The van der Waals surface area contributed by atoms with Gasteiger partial charge in [0.1, 0.15) is 0 Å². The topological polar surface area (TPSA) is 89.1 Å². The summed E-state index contributed by atoms with van der Waals surface area (Å²) in [6.45, 7) is 4.01. The van der Waals surface area contributed by atoms with Crippen LogP contribution < -0.4 is 24.8 Å². The number of rotatable bonds is 6. The van der Waals surface area contributed by atoms with E-state index in [0.29, 0.717) is 35.9 Å². The Morgan fingerprint density at radius 1 is 1.19 bits per heavy atom. The van der Waals surface area contributed by atoms with E-state index in [9.17, 15) is 9.59 Å². The minimum atomic E-state index is -0.379. The molecule has 0 spiro atoms. The highest BCUT2D eigenvalue weighted by molar-refractivity contribution is 5.97. The average molecular weight is 388 g/mol. The molecule has 1 heterocycles. The standard InChI is InChI=1S/C17H25N3O5.ClH/c1-11-10-20(6-5-18-11)15(21)9-19-17(22)12-7-13(23-2)16(25-4)14(8-12)24-3;/h7-8,11,18H,5-6,9-10H2,1-4H3,(H,19,22);1H/t11-;/m1./s1. The summed E-state index contributed by atoms with van der Waals surface area (Å²) in [6, 6.07) is 3.35. The van der Waals surface area contributed by atoms with Crippen molar-refractivity contribution in [3.8, 4) is 17.2 Å².